The number of amides is 1. The lowest BCUT2D eigenvalue weighted by molar-refractivity contribution is -0.123. The Morgan fingerprint density at radius 2 is 1.53 bits per heavy atom. The Hall–Kier alpha value is -5.89. The number of amidine groups is 1. The van der Waals surface area contributed by atoms with Crippen molar-refractivity contribution in [3.63, 3.8) is 0 Å². The molecule has 14 nitrogen and oxygen atoms in total. The molecular formula is C41H51N13O. The first-order chi connectivity index (χ1) is 26.9. The Balaban J connectivity index is 0.000000170. The van der Waals surface area contributed by atoms with Crippen molar-refractivity contribution in [2.45, 2.75) is 70.8 Å². The van der Waals surface area contributed by atoms with Gasteiger partial charge in [0, 0.05) is 75.9 Å². The van der Waals surface area contributed by atoms with E-state index in [1.54, 1.807) is 7.05 Å². The number of carbonyl (C=O) groups excluding carboxylic acids is 1. The lowest BCUT2D eigenvalue weighted by Gasteiger charge is -2.39. The number of nitrogens with one attached hydrogen (secondary N) is 5. The van der Waals surface area contributed by atoms with E-state index in [4.69, 9.17) is 15.0 Å². The standard InChI is InChI=1S/C21H29N7O.C20H22N6/c1-4-11-23-27-15(2)24-19-14-17(13-16-8-6-5-7-9-16)25-21(26-19)28-12-10-18(28)20(29)22-3;1-2-5-14(6-3-1)11-16-12-18(23-20(21-16)26-9-4-10-26)22-19-13-17(24-25-19)15-7-8-15/h5-9,14,18,23H,4,10-13H2,1-3H3,(H,22,29)(H,24,25,26,27);1-3,5-6,12-13,15H,4,7-11H2,(H2,21,22,23,24,25)/t18-;/m0./s1. The molecule has 2 aliphatic heterocycles. The molecule has 8 rings (SSSR count). The van der Waals surface area contributed by atoms with Gasteiger partial charge in [-0.3, -0.25) is 9.89 Å². The smallest absolute Gasteiger partial charge is 0.242 e. The number of hydrogen-bond acceptors (Lipinski definition) is 11. The summed E-state index contributed by atoms with van der Waals surface area (Å²) < 4.78 is 0. The van der Waals surface area contributed by atoms with E-state index in [-0.39, 0.29) is 11.9 Å². The zero-order valence-corrected chi connectivity index (χ0v) is 31.9. The number of benzene rings is 2. The van der Waals surface area contributed by atoms with Gasteiger partial charge in [-0.15, -0.1) is 0 Å². The van der Waals surface area contributed by atoms with E-state index in [2.05, 4.69) is 95.9 Å². The van der Waals surface area contributed by atoms with Crippen molar-refractivity contribution in [1.82, 2.24) is 46.3 Å². The number of nitrogens with zero attached hydrogens (tertiary/aromatic N) is 8. The molecular weight excluding hydrogens is 691 g/mol. The summed E-state index contributed by atoms with van der Waals surface area (Å²) >= 11 is 0. The molecule has 0 unspecified atom stereocenters. The number of hydrogen-bond donors (Lipinski definition) is 5. The van der Waals surface area contributed by atoms with Gasteiger partial charge in [0.1, 0.15) is 17.7 Å². The quantitative estimate of drug-likeness (QED) is 0.0419. The van der Waals surface area contributed by atoms with E-state index in [1.165, 1.54) is 30.5 Å². The lowest BCUT2D eigenvalue weighted by Crippen LogP contribution is -2.56. The van der Waals surface area contributed by atoms with Gasteiger partial charge in [-0.1, -0.05) is 67.6 Å². The van der Waals surface area contributed by atoms with Crippen LogP contribution in [0.4, 0.5) is 29.4 Å². The third kappa shape index (κ3) is 10.2. The number of aliphatic imine (C=N–C) groups is 1. The Bertz CT molecular complexity index is 2040. The molecule has 1 aliphatic carbocycles. The van der Waals surface area contributed by atoms with Gasteiger partial charge in [-0.2, -0.15) is 15.1 Å². The molecule has 5 N–H and O–H groups in total. The number of carbonyl (C=O) groups is 1. The fourth-order valence-electron chi connectivity index (χ4n) is 6.37. The maximum absolute atomic E-state index is 12.1. The zero-order chi connectivity index (χ0) is 38.0. The lowest BCUT2D eigenvalue weighted by atomic mass is 10.0. The van der Waals surface area contributed by atoms with Crippen LogP contribution in [0, 0.1) is 0 Å². The second-order valence-electron chi connectivity index (χ2n) is 14.2. The molecule has 14 heteroatoms. The molecule has 286 valence electrons. The molecule has 3 aliphatic rings. The largest absolute Gasteiger partial charge is 0.357 e. The van der Waals surface area contributed by atoms with E-state index < -0.39 is 0 Å². The average Bonchev–Trinajstić information content (AvgIpc) is 3.89. The van der Waals surface area contributed by atoms with Crippen molar-refractivity contribution >= 4 is 41.1 Å². The van der Waals surface area contributed by atoms with Crippen molar-refractivity contribution in [1.29, 1.82) is 0 Å². The van der Waals surface area contributed by atoms with Crippen LogP contribution in [0.2, 0.25) is 0 Å². The van der Waals surface area contributed by atoms with Gasteiger partial charge in [-0.25, -0.2) is 20.4 Å². The minimum absolute atomic E-state index is 0.0139. The van der Waals surface area contributed by atoms with Gasteiger partial charge < -0.3 is 25.9 Å². The molecule has 55 heavy (non-hydrogen) atoms. The van der Waals surface area contributed by atoms with Gasteiger partial charge in [-0.05, 0) is 50.2 Å². The van der Waals surface area contributed by atoms with Crippen LogP contribution in [0.3, 0.4) is 0 Å². The molecule has 3 fully saturated rings. The van der Waals surface area contributed by atoms with E-state index in [9.17, 15) is 4.79 Å². The van der Waals surface area contributed by atoms with Crippen LogP contribution in [0.1, 0.15) is 80.1 Å². The maximum Gasteiger partial charge on any atom is 0.242 e. The molecule has 1 atom stereocenters. The summed E-state index contributed by atoms with van der Waals surface area (Å²) in [5.41, 5.74) is 11.7. The van der Waals surface area contributed by atoms with Crippen molar-refractivity contribution in [3.8, 4) is 0 Å². The van der Waals surface area contributed by atoms with Crippen LogP contribution < -0.4 is 31.3 Å². The highest BCUT2D eigenvalue weighted by Gasteiger charge is 2.35. The summed E-state index contributed by atoms with van der Waals surface area (Å²) in [7, 11) is 1.65. The number of aromatic amines is 1. The Morgan fingerprint density at radius 1 is 0.836 bits per heavy atom. The number of rotatable bonds is 14. The second kappa shape index (κ2) is 18.0. The Kier molecular flexibility index (Phi) is 12.2. The number of aromatic nitrogens is 6. The molecule has 5 aromatic rings. The predicted octanol–water partition coefficient (Wildman–Crippen LogP) is 5.57. The fourth-order valence-corrected chi connectivity index (χ4v) is 6.37. The fraction of sp³-hybridized carbons (Fsp3) is 0.390. The Morgan fingerprint density at radius 3 is 2.13 bits per heavy atom. The van der Waals surface area contributed by atoms with Crippen LogP contribution in [0.15, 0.2) is 83.9 Å². The number of hydrazine groups is 1. The summed E-state index contributed by atoms with van der Waals surface area (Å²) in [6, 6.07) is 26.4. The average molecular weight is 742 g/mol. The van der Waals surface area contributed by atoms with E-state index >= 15 is 0 Å². The van der Waals surface area contributed by atoms with Crippen molar-refractivity contribution in [2.75, 3.05) is 48.3 Å². The molecule has 2 saturated heterocycles. The van der Waals surface area contributed by atoms with Crippen molar-refractivity contribution in [3.05, 3.63) is 107 Å². The van der Waals surface area contributed by atoms with Gasteiger partial charge in [0.25, 0.3) is 0 Å². The first kappa shape index (κ1) is 37.4. The van der Waals surface area contributed by atoms with Crippen LogP contribution in [0.25, 0.3) is 0 Å². The molecule has 0 bridgehead atoms. The van der Waals surface area contributed by atoms with E-state index in [0.717, 1.165) is 85.8 Å². The SMILES string of the molecule is CCCNNC(C)=Nc1cc(Cc2ccccc2)nc(N2CC[C@H]2C(=O)NC)n1.c1ccc(Cc2cc(Nc3cc(C4CC4)[nH]n3)nc(N3CCC3)n2)cc1. The summed E-state index contributed by atoms with van der Waals surface area (Å²) in [5.74, 6) is 4.93. The highest BCUT2D eigenvalue weighted by molar-refractivity contribution is 5.86. The number of likely N-dealkylation sites (N-methyl/N-ethyl adjacent to an activating group) is 1. The molecule has 5 heterocycles. The summed E-state index contributed by atoms with van der Waals surface area (Å²) in [5, 5.41) is 13.6. The van der Waals surface area contributed by atoms with Gasteiger partial charge >= 0.3 is 0 Å². The molecule has 2 aromatic carbocycles. The predicted molar refractivity (Wildman–Crippen MR) is 217 cm³/mol. The summed E-state index contributed by atoms with van der Waals surface area (Å²) in [6.45, 7) is 7.65. The molecule has 1 amide bonds. The van der Waals surface area contributed by atoms with Crippen LogP contribution in [-0.4, -0.2) is 81.1 Å². The first-order valence-electron chi connectivity index (χ1n) is 19.4. The summed E-state index contributed by atoms with van der Waals surface area (Å²) in [4.78, 5) is 39.7. The molecule has 0 spiro atoms. The van der Waals surface area contributed by atoms with Gasteiger partial charge in [0.05, 0.1) is 11.4 Å². The minimum Gasteiger partial charge on any atom is -0.357 e. The van der Waals surface area contributed by atoms with Crippen LogP contribution in [0.5, 0.6) is 0 Å². The van der Waals surface area contributed by atoms with E-state index in [1.807, 2.05) is 48.2 Å². The van der Waals surface area contributed by atoms with Crippen LogP contribution >= 0.6 is 0 Å². The summed E-state index contributed by atoms with van der Waals surface area (Å²) in [6.07, 6.45) is 7.02. The van der Waals surface area contributed by atoms with Gasteiger partial charge in [0.2, 0.25) is 17.8 Å². The molecule has 0 radical (unpaired) electrons. The highest BCUT2D eigenvalue weighted by atomic mass is 16.2. The highest BCUT2D eigenvalue weighted by Crippen LogP contribution is 2.39. The third-order valence-electron chi connectivity index (χ3n) is 9.74. The zero-order valence-electron chi connectivity index (χ0n) is 31.9. The monoisotopic (exact) mass is 741 g/mol. The second-order valence-corrected chi connectivity index (χ2v) is 14.2. The molecule has 3 aromatic heterocycles. The first-order valence-corrected chi connectivity index (χ1v) is 19.4. The van der Waals surface area contributed by atoms with Crippen molar-refractivity contribution < 1.29 is 4.79 Å². The normalized spacial score (nSPS) is 16.3. The van der Waals surface area contributed by atoms with Gasteiger partial charge in [0.15, 0.2) is 11.6 Å². The van der Waals surface area contributed by atoms with Crippen LogP contribution in [-0.2, 0) is 17.6 Å². The molecule has 1 saturated carbocycles. The number of H-pyrrole nitrogens is 1. The third-order valence-corrected chi connectivity index (χ3v) is 9.74. The minimum atomic E-state index is -0.228. The number of anilines is 4. The Labute approximate surface area is 322 Å². The maximum atomic E-state index is 12.1. The van der Waals surface area contributed by atoms with E-state index in [0.29, 0.717) is 24.1 Å². The topological polar surface area (TPSA) is 164 Å². The van der Waals surface area contributed by atoms with Crippen molar-refractivity contribution in [2.24, 2.45) is 4.99 Å².